The number of fused-ring (bicyclic) bond motifs is 1. The summed E-state index contributed by atoms with van der Waals surface area (Å²) in [7, 11) is 1.81. The number of hydrogen-bond acceptors (Lipinski definition) is 2. The highest BCUT2D eigenvalue weighted by Crippen LogP contribution is 2.22. The monoisotopic (exact) mass is 298 g/mol. The van der Waals surface area contributed by atoms with Gasteiger partial charge in [-0.25, -0.2) is 0 Å². The van der Waals surface area contributed by atoms with Gasteiger partial charge in [0, 0.05) is 12.6 Å². The quantitative estimate of drug-likeness (QED) is 0.686. The maximum atomic E-state index is 12.5. The molecule has 1 heterocycles. The molecule has 0 aliphatic rings. The summed E-state index contributed by atoms with van der Waals surface area (Å²) in [6, 6.07) is 13.8. The van der Waals surface area contributed by atoms with Gasteiger partial charge in [-0.05, 0) is 23.8 Å². The number of carbonyl (C=O) groups excluding carboxylic acids is 1. The number of rotatable bonds is 3. The van der Waals surface area contributed by atoms with E-state index >= 15 is 0 Å². The second-order valence-corrected chi connectivity index (χ2v) is 5.51. The molecule has 0 spiro atoms. The zero-order chi connectivity index (χ0) is 15.0. The molecular formula is C17H15ClN2O. The van der Waals surface area contributed by atoms with Gasteiger partial charge in [-0.3, -0.25) is 9.48 Å². The van der Waals surface area contributed by atoms with E-state index in [1.807, 2.05) is 56.4 Å². The van der Waals surface area contributed by atoms with Crippen molar-refractivity contribution in [3.63, 3.8) is 0 Å². The highest BCUT2D eigenvalue weighted by molar-refractivity contribution is 6.32. The van der Waals surface area contributed by atoms with E-state index in [-0.39, 0.29) is 12.2 Å². The SMILES string of the molecule is Cc1nn(C)c(CC(=O)c2ccc3ccccc3c2)c1Cl. The van der Waals surface area contributed by atoms with Crippen LogP contribution in [0.1, 0.15) is 21.7 Å². The second kappa shape index (κ2) is 5.34. The fourth-order valence-corrected chi connectivity index (χ4v) is 2.72. The topological polar surface area (TPSA) is 34.9 Å². The molecule has 0 bridgehead atoms. The molecule has 3 nitrogen and oxygen atoms in total. The average molecular weight is 299 g/mol. The fourth-order valence-electron chi connectivity index (χ4n) is 2.49. The van der Waals surface area contributed by atoms with Crippen LogP contribution in [0.3, 0.4) is 0 Å². The first kappa shape index (κ1) is 13.8. The number of nitrogens with zero attached hydrogens (tertiary/aromatic N) is 2. The summed E-state index contributed by atoms with van der Waals surface area (Å²) in [6.07, 6.45) is 0.258. The highest BCUT2D eigenvalue weighted by Gasteiger charge is 2.16. The Kier molecular flexibility index (Phi) is 3.52. The minimum atomic E-state index is 0.0469. The van der Waals surface area contributed by atoms with E-state index in [0.717, 1.165) is 22.2 Å². The summed E-state index contributed by atoms with van der Waals surface area (Å²) in [5, 5.41) is 7.01. The van der Waals surface area contributed by atoms with Crippen molar-refractivity contribution in [3.05, 3.63) is 64.4 Å². The van der Waals surface area contributed by atoms with E-state index in [0.29, 0.717) is 10.6 Å². The summed E-state index contributed by atoms with van der Waals surface area (Å²) in [6.45, 7) is 1.84. The van der Waals surface area contributed by atoms with Gasteiger partial charge in [0.2, 0.25) is 0 Å². The van der Waals surface area contributed by atoms with Crippen molar-refractivity contribution < 1.29 is 4.79 Å². The molecule has 106 valence electrons. The molecule has 3 aromatic rings. The third-order valence-corrected chi connectivity index (χ3v) is 4.15. The van der Waals surface area contributed by atoms with Crippen molar-refractivity contribution in [1.29, 1.82) is 0 Å². The zero-order valence-corrected chi connectivity index (χ0v) is 12.7. The zero-order valence-electron chi connectivity index (χ0n) is 11.9. The Balaban J connectivity index is 1.93. The van der Waals surface area contributed by atoms with Gasteiger partial charge in [0.05, 0.1) is 22.8 Å². The lowest BCUT2D eigenvalue weighted by Crippen LogP contribution is -2.08. The molecule has 0 radical (unpaired) electrons. The van der Waals surface area contributed by atoms with E-state index < -0.39 is 0 Å². The lowest BCUT2D eigenvalue weighted by atomic mass is 10.0. The van der Waals surface area contributed by atoms with Crippen LogP contribution in [0.15, 0.2) is 42.5 Å². The van der Waals surface area contributed by atoms with Gasteiger partial charge in [0.1, 0.15) is 0 Å². The van der Waals surface area contributed by atoms with E-state index in [4.69, 9.17) is 11.6 Å². The first-order valence-electron chi connectivity index (χ1n) is 6.76. The Hall–Kier alpha value is -2.13. The Morgan fingerprint density at radius 2 is 1.90 bits per heavy atom. The Labute approximate surface area is 128 Å². The van der Waals surface area contributed by atoms with E-state index in [2.05, 4.69) is 5.10 Å². The molecule has 0 amide bonds. The van der Waals surface area contributed by atoms with Crippen molar-refractivity contribution in [2.24, 2.45) is 7.05 Å². The van der Waals surface area contributed by atoms with Crippen LogP contribution in [0.5, 0.6) is 0 Å². The maximum absolute atomic E-state index is 12.5. The second-order valence-electron chi connectivity index (χ2n) is 5.13. The molecule has 4 heteroatoms. The molecule has 0 saturated heterocycles. The number of aryl methyl sites for hydroxylation is 2. The molecule has 0 aliphatic heterocycles. The van der Waals surface area contributed by atoms with Gasteiger partial charge in [0.15, 0.2) is 5.78 Å². The summed E-state index contributed by atoms with van der Waals surface area (Å²) >= 11 is 6.21. The molecule has 0 aliphatic carbocycles. The fraction of sp³-hybridized carbons (Fsp3) is 0.176. The average Bonchev–Trinajstić information content (AvgIpc) is 2.73. The highest BCUT2D eigenvalue weighted by atomic mass is 35.5. The molecule has 0 atom stereocenters. The number of halogens is 1. The molecule has 0 N–H and O–H groups in total. The number of carbonyl (C=O) groups is 1. The Morgan fingerprint density at radius 3 is 2.57 bits per heavy atom. The predicted molar refractivity (Wildman–Crippen MR) is 84.9 cm³/mol. The number of Topliss-reactive ketones (excluding diaryl/α,β-unsaturated/α-hetero) is 1. The van der Waals surface area contributed by atoms with Crippen LogP contribution in [0.25, 0.3) is 10.8 Å². The largest absolute Gasteiger partial charge is 0.294 e. The number of hydrogen-bond donors (Lipinski definition) is 0. The van der Waals surface area contributed by atoms with Crippen molar-refractivity contribution in [1.82, 2.24) is 9.78 Å². The molecule has 3 rings (SSSR count). The smallest absolute Gasteiger partial charge is 0.168 e. The van der Waals surface area contributed by atoms with Crippen LogP contribution >= 0.6 is 11.6 Å². The lowest BCUT2D eigenvalue weighted by molar-refractivity contribution is 0.0991. The predicted octanol–water partition coefficient (Wildman–Crippen LogP) is 3.96. The van der Waals surface area contributed by atoms with Crippen LogP contribution < -0.4 is 0 Å². The van der Waals surface area contributed by atoms with E-state index in [1.54, 1.807) is 4.68 Å². The Bertz CT molecular complexity index is 836. The van der Waals surface area contributed by atoms with Gasteiger partial charge in [-0.1, -0.05) is 48.0 Å². The van der Waals surface area contributed by atoms with Gasteiger partial charge in [0.25, 0.3) is 0 Å². The van der Waals surface area contributed by atoms with Crippen LogP contribution in [0, 0.1) is 6.92 Å². The number of benzene rings is 2. The molecule has 1 aromatic heterocycles. The summed E-state index contributed by atoms with van der Waals surface area (Å²) in [5.41, 5.74) is 2.21. The van der Waals surface area contributed by atoms with Crippen molar-refractivity contribution in [3.8, 4) is 0 Å². The first-order chi connectivity index (χ1) is 10.1. The molecule has 0 fully saturated rings. The summed E-state index contributed by atoms with van der Waals surface area (Å²) in [4.78, 5) is 12.5. The molecule has 2 aromatic carbocycles. The van der Waals surface area contributed by atoms with Crippen molar-refractivity contribution in [2.45, 2.75) is 13.3 Å². The Morgan fingerprint density at radius 1 is 1.19 bits per heavy atom. The molecule has 0 saturated carbocycles. The summed E-state index contributed by atoms with van der Waals surface area (Å²) < 4.78 is 1.68. The van der Waals surface area contributed by atoms with Crippen LogP contribution in [0.2, 0.25) is 5.02 Å². The van der Waals surface area contributed by atoms with Gasteiger partial charge in [-0.15, -0.1) is 0 Å². The van der Waals surface area contributed by atoms with Gasteiger partial charge >= 0.3 is 0 Å². The molecule has 21 heavy (non-hydrogen) atoms. The standard InChI is InChI=1S/C17H15ClN2O/c1-11-17(18)15(20(2)19-11)10-16(21)14-8-7-12-5-3-4-6-13(12)9-14/h3-9H,10H2,1-2H3. The number of ketones is 1. The van der Waals surface area contributed by atoms with Crippen LogP contribution in [-0.2, 0) is 13.5 Å². The lowest BCUT2D eigenvalue weighted by Gasteiger charge is -2.05. The third-order valence-electron chi connectivity index (χ3n) is 3.66. The van der Waals surface area contributed by atoms with Crippen LogP contribution in [-0.4, -0.2) is 15.6 Å². The molecule has 0 unspecified atom stereocenters. The third kappa shape index (κ3) is 2.57. The summed E-state index contributed by atoms with van der Waals surface area (Å²) in [5.74, 6) is 0.0469. The van der Waals surface area contributed by atoms with Gasteiger partial charge < -0.3 is 0 Å². The van der Waals surface area contributed by atoms with E-state index in [1.165, 1.54) is 0 Å². The number of aromatic nitrogens is 2. The van der Waals surface area contributed by atoms with E-state index in [9.17, 15) is 4.79 Å². The minimum absolute atomic E-state index is 0.0469. The minimum Gasteiger partial charge on any atom is -0.294 e. The van der Waals surface area contributed by atoms with Crippen molar-refractivity contribution >= 4 is 28.2 Å². The van der Waals surface area contributed by atoms with Gasteiger partial charge in [-0.2, -0.15) is 5.10 Å². The maximum Gasteiger partial charge on any atom is 0.168 e. The normalized spacial score (nSPS) is 11.0. The molecular weight excluding hydrogens is 284 g/mol. The van der Waals surface area contributed by atoms with Crippen LogP contribution in [0.4, 0.5) is 0 Å². The first-order valence-corrected chi connectivity index (χ1v) is 7.14. The van der Waals surface area contributed by atoms with Crippen molar-refractivity contribution in [2.75, 3.05) is 0 Å².